The lowest BCUT2D eigenvalue weighted by molar-refractivity contribution is -0.113. The number of nitrogens with one attached hydrogen (secondary N) is 1. The molecule has 3 rings (SSSR count). The fourth-order valence-corrected chi connectivity index (χ4v) is 3.49. The first-order valence-electron chi connectivity index (χ1n) is 9.05. The van der Waals surface area contributed by atoms with Gasteiger partial charge in [-0.2, -0.15) is 0 Å². The zero-order valence-corrected chi connectivity index (χ0v) is 18.5. The largest absolute Gasteiger partial charge is 0.490 e. The summed E-state index contributed by atoms with van der Waals surface area (Å²) in [6.07, 6.45) is 1.57. The smallest absolute Gasteiger partial charge is 0.333 e. The normalized spacial score (nSPS) is 15.2. The number of imide groups is 1. The van der Waals surface area contributed by atoms with Crippen LogP contribution >= 0.6 is 27.5 Å². The van der Waals surface area contributed by atoms with Gasteiger partial charge in [0.1, 0.15) is 5.70 Å². The number of amides is 3. The lowest BCUT2D eigenvalue weighted by atomic mass is 10.1. The van der Waals surface area contributed by atoms with Crippen molar-refractivity contribution in [3.05, 3.63) is 57.2 Å². The Labute approximate surface area is 182 Å². The van der Waals surface area contributed by atoms with Crippen LogP contribution in [-0.4, -0.2) is 24.6 Å². The van der Waals surface area contributed by atoms with E-state index in [1.165, 1.54) is 0 Å². The van der Waals surface area contributed by atoms with E-state index in [0.29, 0.717) is 38.9 Å². The van der Waals surface area contributed by atoms with Crippen LogP contribution in [0.15, 0.2) is 46.6 Å². The van der Waals surface area contributed by atoms with Crippen molar-refractivity contribution in [1.82, 2.24) is 5.32 Å². The minimum atomic E-state index is -0.521. The maximum atomic E-state index is 12.8. The molecule has 6 nitrogen and oxygen atoms in total. The van der Waals surface area contributed by atoms with Gasteiger partial charge in [-0.25, -0.2) is 9.69 Å². The third-order valence-corrected chi connectivity index (χ3v) is 4.80. The molecular formula is C21H20BrClN2O4. The van der Waals surface area contributed by atoms with Crippen LogP contribution in [0.4, 0.5) is 10.5 Å². The summed E-state index contributed by atoms with van der Waals surface area (Å²) in [5, 5.41) is 3.13. The molecule has 0 aliphatic carbocycles. The quantitative estimate of drug-likeness (QED) is 0.446. The summed E-state index contributed by atoms with van der Waals surface area (Å²) in [6, 6.07) is 9.53. The maximum Gasteiger partial charge on any atom is 0.333 e. The Morgan fingerprint density at radius 3 is 2.52 bits per heavy atom. The number of benzene rings is 2. The Balaban J connectivity index is 1.94. The first-order chi connectivity index (χ1) is 13.8. The molecule has 1 saturated heterocycles. The van der Waals surface area contributed by atoms with Gasteiger partial charge in [0, 0.05) is 5.02 Å². The van der Waals surface area contributed by atoms with Crippen LogP contribution in [0, 0.1) is 0 Å². The van der Waals surface area contributed by atoms with Crippen LogP contribution in [0.25, 0.3) is 6.08 Å². The van der Waals surface area contributed by atoms with Crippen LogP contribution in [0.5, 0.6) is 11.5 Å². The summed E-state index contributed by atoms with van der Waals surface area (Å²) in [5.74, 6) is 0.691. The lowest BCUT2D eigenvalue weighted by Crippen LogP contribution is -2.30. The highest BCUT2D eigenvalue weighted by atomic mass is 79.9. The van der Waals surface area contributed by atoms with Gasteiger partial charge in [-0.1, -0.05) is 11.6 Å². The predicted octanol–water partition coefficient (Wildman–Crippen LogP) is 5.39. The van der Waals surface area contributed by atoms with Gasteiger partial charge in [-0.05, 0) is 84.7 Å². The van der Waals surface area contributed by atoms with E-state index in [1.807, 2.05) is 20.8 Å². The molecule has 1 N–H and O–H groups in total. The number of hydrogen-bond acceptors (Lipinski definition) is 4. The van der Waals surface area contributed by atoms with Crippen LogP contribution in [0.1, 0.15) is 26.3 Å². The second-order valence-corrected chi connectivity index (χ2v) is 7.83. The van der Waals surface area contributed by atoms with Gasteiger partial charge in [0.05, 0.1) is 22.9 Å². The number of nitrogens with zero attached hydrogens (tertiary/aromatic N) is 1. The summed E-state index contributed by atoms with van der Waals surface area (Å²) in [5.41, 5.74) is 1.28. The van der Waals surface area contributed by atoms with Gasteiger partial charge >= 0.3 is 6.03 Å². The molecule has 0 radical (unpaired) electrons. The van der Waals surface area contributed by atoms with Crippen LogP contribution < -0.4 is 19.7 Å². The van der Waals surface area contributed by atoms with Crippen molar-refractivity contribution < 1.29 is 19.1 Å². The summed E-state index contributed by atoms with van der Waals surface area (Å²) < 4.78 is 12.2. The Kier molecular flexibility index (Phi) is 6.49. The molecule has 1 heterocycles. The van der Waals surface area contributed by atoms with Gasteiger partial charge in [0.25, 0.3) is 5.91 Å². The van der Waals surface area contributed by atoms with E-state index < -0.39 is 11.9 Å². The van der Waals surface area contributed by atoms with E-state index in [4.69, 9.17) is 21.1 Å². The number of carbonyl (C=O) groups excluding carboxylic acids is 2. The molecule has 1 aliphatic rings. The van der Waals surface area contributed by atoms with Crippen LogP contribution in [-0.2, 0) is 4.79 Å². The molecule has 0 atom stereocenters. The number of halogens is 2. The zero-order valence-electron chi connectivity index (χ0n) is 16.2. The van der Waals surface area contributed by atoms with Gasteiger partial charge in [0.15, 0.2) is 11.5 Å². The Hall–Kier alpha value is -2.51. The van der Waals surface area contributed by atoms with Crippen molar-refractivity contribution in [3.63, 3.8) is 0 Å². The highest BCUT2D eigenvalue weighted by molar-refractivity contribution is 9.10. The van der Waals surface area contributed by atoms with Crippen molar-refractivity contribution >= 4 is 51.2 Å². The van der Waals surface area contributed by atoms with E-state index in [2.05, 4.69) is 21.2 Å². The van der Waals surface area contributed by atoms with E-state index in [9.17, 15) is 9.59 Å². The number of anilines is 1. The second kappa shape index (κ2) is 8.88. The van der Waals surface area contributed by atoms with Gasteiger partial charge < -0.3 is 14.8 Å². The van der Waals surface area contributed by atoms with Crippen molar-refractivity contribution in [2.75, 3.05) is 11.5 Å². The van der Waals surface area contributed by atoms with Crippen molar-refractivity contribution in [1.29, 1.82) is 0 Å². The minimum absolute atomic E-state index is 0.0293. The molecule has 0 aromatic heterocycles. The monoisotopic (exact) mass is 478 g/mol. The number of carbonyl (C=O) groups is 2. The second-order valence-electron chi connectivity index (χ2n) is 6.53. The zero-order chi connectivity index (χ0) is 21.1. The molecule has 3 amide bonds. The van der Waals surface area contributed by atoms with E-state index in [-0.39, 0.29) is 11.8 Å². The molecular weight excluding hydrogens is 460 g/mol. The predicted molar refractivity (Wildman–Crippen MR) is 117 cm³/mol. The Morgan fingerprint density at radius 2 is 1.90 bits per heavy atom. The molecule has 0 bridgehead atoms. The standard InChI is InChI=1S/C21H20BrClN2O4/c1-4-28-18-11-13(9-16(22)19(18)29-12(2)3)10-17-20(26)25(21(27)24-17)15-7-5-14(23)6-8-15/h5-12H,4H2,1-3H3,(H,24,27)/b17-10+. The molecule has 0 spiro atoms. The van der Waals surface area contributed by atoms with E-state index in [0.717, 1.165) is 4.90 Å². The Morgan fingerprint density at radius 1 is 1.21 bits per heavy atom. The molecule has 8 heteroatoms. The summed E-state index contributed by atoms with van der Waals surface area (Å²) >= 11 is 9.38. The first kappa shape index (κ1) is 21.2. The van der Waals surface area contributed by atoms with Crippen molar-refractivity contribution in [2.45, 2.75) is 26.9 Å². The third-order valence-electron chi connectivity index (χ3n) is 3.96. The fraction of sp³-hybridized carbons (Fsp3) is 0.238. The average molecular weight is 480 g/mol. The van der Waals surface area contributed by atoms with Gasteiger partial charge in [0.2, 0.25) is 0 Å². The average Bonchev–Trinajstić information content (AvgIpc) is 2.92. The number of ether oxygens (including phenoxy) is 2. The molecule has 1 fully saturated rings. The van der Waals surface area contributed by atoms with Gasteiger partial charge in [-0.15, -0.1) is 0 Å². The Bertz CT molecular complexity index is 973. The number of rotatable bonds is 6. The van der Waals surface area contributed by atoms with Crippen LogP contribution in [0.3, 0.4) is 0 Å². The topological polar surface area (TPSA) is 67.9 Å². The molecule has 1 aliphatic heterocycles. The molecule has 29 heavy (non-hydrogen) atoms. The fourth-order valence-electron chi connectivity index (χ4n) is 2.81. The maximum absolute atomic E-state index is 12.8. The lowest BCUT2D eigenvalue weighted by Gasteiger charge is -2.17. The summed E-state index contributed by atoms with van der Waals surface area (Å²) in [7, 11) is 0. The van der Waals surface area contributed by atoms with Crippen molar-refractivity contribution in [2.24, 2.45) is 0 Å². The SMILES string of the molecule is CCOc1cc(/C=C2/NC(=O)N(c3ccc(Cl)cc3)C2=O)cc(Br)c1OC(C)C. The summed E-state index contributed by atoms with van der Waals surface area (Å²) in [6.45, 7) is 6.19. The van der Waals surface area contributed by atoms with Gasteiger partial charge in [-0.3, -0.25) is 4.79 Å². The molecule has 2 aromatic carbocycles. The number of urea groups is 1. The molecule has 2 aromatic rings. The third kappa shape index (κ3) is 4.74. The van der Waals surface area contributed by atoms with Crippen LogP contribution in [0.2, 0.25) is 5.02 Å². The molecule has 0 unspecified atom stereocenters. The first-order valence-corrected chi connectivity index (χ1v) is 10.2. The van der Waals surface area contributed by atoms with E-state index in [1.54, 1.807) is 42.5 Å². The molecule has 0 saturated carbocycles. The highest BCUT2D eigenvalue weighted by Gasteiger charge is 2.34. The summed E-state index contributed by atoms with van der Waals surface area (Å²) in [4.78, 5) is 26.2. The van der Waals surface area contributed by atoms with Crippen molar-refractivity contribution in [3.8, 4) is 11.5 Å². The minimum Gasteiger partial charge on any atom is -0.490 e. The molecule has 152 valence electrons. The van der Waals surface area contributed by atoms with E-state index >= 15 is 0 Å². The highest BCUT2D eigenvalue weighted by Crippen LogP contribution is 2.38. The number of hydrogen-bond donors (Lipinski definition) is 1.